The number of amides is 1. The predicted molar refractivity (Wildman–Crippen MR) is 65.1 cm³/mol. The summed E-state index contributed by atoms with van der Waals surface area (Å²) in [6.45, 7) is 0.0557. The summed E-state index contributed by atoms with van der Waals surface area (Å²) < 4.78 is 40.2. The first-order valence-electron chi connectivity index (χ1n) is 5.39. The Morgan fingerprint density at radius 1 is 1.44 bits per heavy atom. The van der Waals surface area contributed by atoms with Crippen LogP contribution in [0.15, 0.2) is 0 Å². The molecule has 0 aromatic carbocycles. The van der Waals surface area contributed by atoms with Gasteiger partial charge in [0.2, 0.25) is 5.91 Å². The molecule has 0 aliphatic carbocycles. The summed E-state index contributed by atoms with van der Waals surface area (Å²) in [5.74, 6) is -0.307. The molecule has 0 aliphatic rings. The van der Waals surface area contributed by atoms with Crippen molar-refractivity contribution in [2.45, 2.75) is 25.4 Å². The second kappa shape index (κ2) is 8.25. The molecule has 1 amide bonds. The van der Waals surface area contributed by atoms with Gasteiger partial charge in [-0.15, -0.1) is 0 Å². The summed E-state index contributed by atoms with van der Waals surface area (Å²) in [5.41, 5.74) is 5.28. The zero-order chi connectivity index (χ0) is 14.2. The monoisotopic (exact) mass is 286 g/mol. The van der Waals surface area contributed by atoms with E-state index in [0.29, 0.717) is 18.0 Å². The number of alkyl halides is 3. The van der Waals surface area contributed by atoms with Gasteiger partial charge in [-0.05, 0) is 6.42 Å². The molecule has 0 rings (SSSR count). The number of thiocarbonyl (C=S) groups is 1. The van der Waals surface area contributed by atoms with Crippen LogP contribution in [0.2, 0.25) is 0 Å². The highest BCUT2D eigenvalue weighted by atomic mass is 32.1. The Bertz CT molecular complexity index is 285. The molecule has 0 radical (unpaired) electrons. The highest BCUT2D eigenvalue weighted by Crippen LogP contribution is 2.20. The average molecular weight is 286 g/mol. The topological polar surface area (TPSA) is 55.6 Å². The number of ether oxygens (including phenoxy) is 1. The quantitative estimate of drug-likeness (QED) is 0.542. The van der Waals surface area contributed by atoms with E-state index in [-0.39, 0.29) is 25.5 Å². The molecular weight excluding hydrogens is 269 g/mol. The highest BCUT2D eigenvalue weighted by molar-refractivity contribution is 7.80. The molecule has 0 aromatic heterocycles. The van der Waals surface area contributed by atoms with E-state index < -0.39 is 12.6 Å². The fraction of sp³-hybridized carbons (Fsp3) is 0.800. The fourth-order valence-electron chi connectivity index (χ4n) is 1.05. The number of nitrogens with zero attached hydrogens (tertiary/aromatic N) is 1. The van der Waals surface area contributed by atoms with E-state index in [2.05, 4.69) is 12.2 Å². The number of hydrogen-bond donors (Lipinski definition) is 1. The van der Waals surface area contributed by atoms with Crippen molar-refractivity contribution in [1.82, 2.24) is 4.90 Å². The number of rotatable bonds is 8. The van der Waals surface area contributed by atoms with Crippen LogP contribution >= 0.6 is 12.2 Å². The lowest BCUT2D eigenvalue weighted by atomic mass is 10.3. The maximum atomic E-state index is 11.8. The molecule has 0 aliphatic heterocycles. The summed E-state index contributed by atoms with van der Waals surface area (Å²) in [6.07, 6.45) is -4.82. The number of hydrogen-bond acceptors (Lipinski definition) is 3. The third kappa shape index (κ3) is 10.3. The van der Waals surface area contributed by atoms with Gasteiger partial charge in [0.1, 0.15) is 6.61 Å². The van der Waals surface area contributed by atoms with E-state index >= 15 is 0 Å². The van der Waals surface area contributed by atoms with Gasteiger partial charge in [0.05, 0.1) is 4.99 Å². The standard InChI is InChI=1S/C10H17F3N2O2S/c1-15(5-3-8(14)18)9(16)7-17-6-2-4-10(11,12)13/h2-7H2,1H3,(H2,14,18). The number of halogens is 3. The molecule has 0 unspecified atom stereocenters. The van der Waals surface area contributed by atoms with Crippen molar-refractivity contribution in [2.24, 2.45) is 5.73 Å². The van der Waals surface area contributed by atoms with Crippen molar-refractivity contribution in [3.8, 4) is 0 Å². The maximum Gasteiger partial charge on any atom is 0.389 e. The van der Waals surface area contributed by atoms with Crippen molar-refractivity contribution in [1.29, 1.82) is 0 Å². The normalized spacial score (nSPS) is 11.3. The zero-order valence-corrected chi connectivity index (χ0v) is 10.9. The van der Waals surface area contributed by atoms with Crippen LogP contribution in [0.3, 0.4) is 0 Å². The smallest absolute Gasteiger partial charge is 0.389 e. The summed E-state index contributed by atoms with van der Waals surface area (Å²) in [5, 5.41) is 0. The Hall–Kier alpha value is -0.890. The van der Waals surface area contributed by atoms with Gasteiger partial charge in [-0.3, -0.25) is 4.79 Å². The van der Waals surface area contributed by atoms with Gasteiger partial charge < -0.3 is 15.4 Å². The fourth-order valence-corrected chi connectivity index (χ4v) is 1.14. The minimum atomic E-state index is -4.18. The number of likely N-dealkylation sites (N-methyl/N-ethyl adjacent to an activating group) is 1. The van der Waals surface area contributed by atoms with Gasteiger partial charge in [-0.2, -0.15) is 13.2 Å². The van der Waals surface area contributed by atoms with Crippen LogP contribution in [-0.4, -0.2) is 48.8 Å². The van der Waals surface area contributed by atoms with Crippen molar-refractivity contribution >= 4 is 23.1 Å². The van der Waals surface area contributed by atoms with E-state index in [1.165, 1.54) is 4.90 Å². The molecule has 0 aromatic rings. The highest BCUT2D eigenvalue weighted by Gasteiger charge is 2.26. The van der Waals surface area contributed by atoms with E-state index in [9.17, 15) is 18.0 Å². The molecule has 0 saturated heterocycles. The van der Waals surface area contributed by atoms with Crippen LogP contribution in [0.5, 0.6) is 0 Å². The van der Waals surface area contributed by atoms with Crippen molar-refractivity contribution in [2.75, 3.05) is 26.8 Å². The van der Waals surface area contributed by atoms with Crippen molar-refractivity contribution < 1.29 is 22.7 Å². The van der Waals surface area contributed by atoms with Gasteiger partial charge >= 0.3 is 6.18 Å². The molecular formula is C10H17F3N2O2S. The van der Waals surface area contributed by atoms with Crippen LogP contribution < -0.4 is 5.73 Å². The Morgan fingerprint density at radius 3 is 2.56 bits per heavy atom. The van der Waals surface area contributed by atoms with Crippen molar-refractivity contribution in [3.63, 3.8) is 0 Å². The molecule has 0 bridgehead atoms. The zero-order valence-electron chi connectivity index (χ0n) is 10.1. The first-order chi connectivity index (χ1) is 8.22. The predicted octanol–water partition coefficient (Wildman–Crippen LogP) is 1.48. The van der Waals surface area contributed by atoms with Crippen molar-refractivity contribution in [3.05, 3.63) is 0 Å². The first kappa shape index (κ1) is 17.1. The lowest BCUT2D eigenvalue weighted by Crippen LogP contribution is -2.33. The number of carbonyl (C=O) groups is 1. The minimum Gasteiger partial charge on any atom is -0.393 e. The molecule has 0 saturated carbocycles. The van der Waals surface area contributed by atoms with Crippen LogP contribution in [0, 0.1) is 0 Å². The van der Waals surface area contributed by atoms with E-state index in [0.717, 1.165) is 0 Å². The number of nitrogens with two attached hydrogens (primary N) is 1. The molecule has 0 spiro atoms. The molecule has 4 nitrogen and oxygen atoms in total. The lowest BCUT2D eigenvalue weighted by Gasteiger charge is -2.16. The van der Waals surface area contributed by atoms with Gasteiger partial charge in [0.15, 0.2) is 0 Å². The number of carbonyl (C=O) groups excluding carboxylic acids is 1. The molecule has 0 atom stereocenters. The lowest BCUT2D eigenvalue weighted by molar-refractivity contribution is -0.140. The first-order valence-corrected chi connectivity index (χ1v) is 5.80. The largest absolute Gasteiger partial charge is 0.393 e. The second-order valence-corrected chi connectivity index (χ2v) is 4.33. The van der Waals surface area contributed by atoms with Crippen LogP contribution in [0.25, 0.3) is 0 Å². The Balaban J connectivity index is 3.61. The van der Waals surface area contributed by atoms with E-state index in [1.807, 2.05) is 0 Å². The molecule has 0 fully saturated rings. The van der Waals surface area contributed by atoms with Crippen LogP contribution in [0.4, 0.5) is 13.2 Å². The second-order valence-electron chi connectivity index (χ2n) is 3.80. The van der Waals surface area contributed by atoms with Gasteiger partial charge in [0.25, 0.3) is 0 Å². The van der Waals surface area contributed by atoms with Crippen LogP contribution in [-0.2, 0) is 9.53 Å². The summed E-state index contributed by atoms with van der Waals surface area (Å²) in [6, 6.07) is 0. The third-order valence-electron chi connectivity index (χ3n) is 2.09. The Kier molecular flexibility index (Phi) is 7.85. The minimum absolute atomic E-state index is 0.0889. The van der Waals surface area contributed by atoms with Gasteiger partial charge in [0, 0.05) is 33.0 Å². The average Bonchev–Trinajstić information content (AvgIpc) is 2.23. The molecule has 106 valence electrons. The molecule has 8 heteroatoms. The Morgan fingerprint density at radius 2 is 2.06 bits per heavy atom. The van der Waals surface area contributed by atoms with E-state index in [4.69, 9.17) is 10.5 Å². The molecule has 2 N–H and O–H groups in total. The molecule has 18 heavy (non-hydrogen) atoms. The van der Waals surface area contributed by atoms with Crippen LogP contribution in [0.1, 0.15) is 19.3 Å². The summed E-state index contributed by atoms with van der Waals surface area (Å²) in [4.78, 5) is 13.1. The third-order valence-corrected chi connectivity index (χ3v) is 2.30. The molecule has 0 heterocycles. The summed E-state index contributed by atoms with van der Waals surface area (Å²) >= 11 is 4.66. The maximum absolute atomic E-state index is 11.8. The SMILES string of the molecule is CN(CCC(N)=S)C(=O)COCCCC(F)(F)F. The van der Waals surface area contributed by atoms with Gasteiger partial charge in [-0.25, -0.2) is 0 Å². The summed E-state index contributed by atoms with van der Waals surface area (Å²) in [7, 11) is 1.56. The van der Waals surface area contributed by atoms with Gasteiger partial charge in [-0.1, -0.05) is 12.2 Å². The Labute approximate surface area is 109 Å². The van der Waals surface area contributed by atoms with E-state index in [1.54, 1.807) is 7.05 Å².